The molecule has 0 fully saturated rings. The van der Waals surface area contributed by atoms with Crippen LogP contribution in [0, 0.1) is 11.8 Å². The third-order valence-electron chi connectivity index (χ3n) is 6.54. The minimum absolute atomic E-state index is 0.618. The SMILES string of the molecule is CCCC(NCCCCCCCCCCCCC(OCC)(OCC)OCC)C(C)CC(C)C. The molecule has 4 nitrogen and oxygen atoms in total. The second-order valence-corrected chi connectivity index (χ2v) is 10.2. The summed E-state index contributed by atoms with van der Waals surface area (Å²) in [7, 11) is 0. The molecule has 0 radical (unpaired) electrons. The van der Waals surface area contributed by atoms with Gasteiger partial charge in [0.2, 0.25) is 0 Å². The van der Waals surface area contributed by atoms with Gasteiger partial charge in [0, 0.05) is 32.3 Å². The van der Waals surface area contributed by atoms with E-state index in [2.05, 4.69) is 33.0 Å². The van der Waals surface area contributed by atoms with Gasteiger partial charge in [-0.1, -0.05) is 85.5 Å². The predicted octanol–water partition coefficient (Wildman–Crippen LogP) is 8.48. The van der Waals surface area contributed by atoms with Gasteiger partial charge in [0.15, 0.2) is 0 Å². The zero-order valence-electron chi connectivity index (χ0n) is 23.7. The van der Waals surface area contributed by atoms with E-state index in [-0.39, 0.29) is 0 Å². The maximum absolute atomic E-state index is 5.81. The number of unbranched alkanes of at least 4 members (excludes halogenated alkanes) is 9. The van der Waals surface area contributed by atoms with Crippen molar-refractivity contribution in [3.05, 3.63) is 0 Å². The van der Waals surface area contributed by atoms with Gasteiger partial charge in [-0.2, -0.15) is 0 Å². The summed E-state index contributed by atoms with van der Waals surface area (Å²) in [5, 5.41) is 3.86. The fourth-order valence-electron chi connectivity index (χ4n) is 4.98. The molecule has 0 aromatic heterocycles. The van der Waals surface area contributed by atoms with Crippen molar-refractivity contribution in [3.8, 4) is 0 Å². The van der Waals surface area contributed by atoms with E-state index in [4.69, 9.17) is 14.2 Å². The molecule has 200 valence electrons. The molecule has 0 rings (SSSR count). The topological polar surface area (TPSA) is 39.7 Å². The maximum atomic E-state index is 5.81. The summed E-state index contributed by atoms with van der Waals surface area (Å²) in [6.07, 6.45) is 18.0. The van der Waals surface area contributed by atoms with Crippen molar-refractivity contribution >= 4 is 0 Å². The van der Waals surface area contributed by atoms with E-state index in [0.29, 0.717) is 25.9 Å². The molecule has 0 aromatic rings. The highest BCUT2D eigenvalue weighted by atomic mass is 16.9. The Kier molecular flexibility index (Phi) is 22.2. The molecule has 1 N–H and O–H groups in total. The monoisotopic (exact) mass is 471 g/mol. The maximum Gasteiger partial charge on any atom is 0.282 e. The standard InChI is InChI=1S/C29H61NO3/c1-8-22-28(27(7)25-26(5)6)30-24-21-19-17-15-13-12-14-16-18-20-23-29(31-9-2,32-10-3)33-11-4/h26-28,30H,8-25H2,1-7H3. The Hall–Kier alpha value is -0.160. The largest absolute Gasteiger partial charge is 0.328 e. The number of rotatable bonds is 25. The molecule has 2 atom stereocenters. The third-order valence-corrected chi connectivity index (χ3v) is 6.54. The first-order valence-electron chi connectivity index (χ1n) is 14.6. The Bertz CT molecular complexity index is 385. The molecule has 4 heteroatoms. The smallest absolute Gasteiger partial charge is 0.282 e. The Morgan fingerprint density at radius 3 is 1.52 bits per heavy atom. The van der Waals surface area contributed by atoms with E-state index in [1.807, 2.05) is 20.8 Å². The number of hydrogen-bond acceptors (Lipinski definition) is 4. The molecule has 33 heavy (non-hydrogen) atoms. The molecular weight excluding hydrogens is 410 g/mol. The lowest BCUT2D eigenvalue weighted by atomic mass is 9.89. The fourth-order valence-corrected chi connectivity index (χ4v) is 4.98. The zero-order valence-corrected chi connectivity index (χ0v) is 23.7. The quantitative estimate of drug-likeness (QED) is 0.107. The van der Waals surface area contributed by atoms with E-state index < -0.39 is 5.97 Å². The van der Waals surface area contributed by atoms with Crippen molar-refractivity contribution in [2.24, 2.45) is 11.8 Å². The summed E-state index contributed by atoms with van der Waals surface area (Å²) in [6, 6.07) is 0.707. The van der Waals surface area contributed by atoms with Crippen LogP contribution in [0.4, 0.5) is 0 Å². The van der Waals surface area contributed by atoms with Crippen molar-refractivity contribution in [3.63, 3.8) is 0 Å². The Morgan fingerprint density at radius 1 is 0.636 bits per heavy atom. The van der Waals surface area contributed by atoms with Crippen LogP contribution in [0.3, 0.4) is 0 Å². The minimum Gasteiger partial charge on any atom is -0.328 e. The van der Waals surface area contributed by atoms with Crippen molar-refractivity contribution in [1.82, 2.24) is 5.32 Å². The second kappa shape index (κ2) is 22.3. The lowest BCUT2D eigenvalue weighted by Crippen LogP contribution is -2.39. The van der Waals surface area contributed by atoms with Crippen LogP contribution < -0.4 is 5.32 Å². The Balaban J connectivity index is 3.72. The van der Waals surface area contributed by atoms with E-state index in [1.165, 1.54) is 83.6 Å². The molecule has 0 amide bonds. The molecule has 0 aliphatic carbocycles. The van der Waals surface area contributed by atoms with Crippen LogP contribution in [-0.4, -0.2) is 38.4 Å². The highest BCUT2D eigenvalue weighted by molar-refractivity contribution is 4.74. The molecular formula is C29H61NO3. The average Bonchev–Trinajstić information content (AvgIpc) is 2.76. The second-order valence-electron chi connectivity index (χ2n) is 10.2. The highest BCUT2D eigenvalue weighted by Crippen LogP contribution is 2.24. The van der Waals surface area contributed by atoms with Gasteiger partial charge in [-0.25, -0.2) is 0 Å². The summed E-state index contributed by atoms with van der Waals surface area (Å²) < 4.78 is 17.4. The van der Waals surface area contributed by atoms with Gasteiger partial charge in [-0.15, -0.1) is 0 Å². The number of ether oxygens (including phenoxy) is 3. The van der Waals surface area contributed by atoms with Crippen molar-refractivity contribution < 1.29 is 14.2 Å². The summed E-state index contributed by atoms with van der Waals surface area (Å²) in [4.78, 5) is 0. The van der Waals surface area contributed by atoms with Gasteiger partial charge in [0.25, 0.3) is 5.97 Å². The highest BCUT2D eigenvalue weighted by Gasteiger charge is 2.31. The van der Waals surface area contributed by atoms with Crippen LogP contribution >= 0.6 is 0 Å². The summed E-state index contributed by atoms with van der Waals surface area (Å²) in [6.45, 7) is 18.5. The molecule has 0 aromatic carbocycles. The molecule has 0 saturated heterocycles. The van der Waals surface area contributed by atoms with Crippen LogP contribution in [0.1, 0.15) is 138 Å². The van der Waals surface area contributed by atoms with Crippen LogP contribution in [-0.2, 0) is 14.2 Å². The Morgan fingerprint density at radius 2 is 1.09 bits per heavy atom. The van der Waals surface area contributed by atoms with E-state index in [0.717, 1.165) is 24.7 Å². The summed E-state index contributed by atoms with van der Waals surface area (Å²) in [5.74, 6) is 0.768. The molecule has 0 aliphatic heterocycles. The van der Waals surface area contributed by atoms with Crippen molar-refractivity contribution in [1.29, 1.82) is 0 Å². The normalized spacial score (nSPS) is 14.2. The van der Waals surface area contributed by atoms with Crippen LogP contribution in [0.5, 0.6) is 0 Å². The molecule has 2 unspecified atom stereocenters. The first-order valence-corrected chi connectivity index (χ1v) is 14.6. The van der Waals surface area contributed by atoms with Gasteiger partial charge in [0.05, 0.1) is 0 Å². The van der Waals surface area contributed by atoms with Crippen LogP contribution in [0.2, 0.25) is 0 Å². The molecule has 0 aliphatic rings. The summed E-state index contributed by atoms with van der Waals surface area (Å²) in [5.41, 5.74) is 0. The van der Waals surface area contributed by atoms with Crippen molar-refractivity contribution in [2.45, 2.75) is 150 Å². The minimum atomic E-state index is -0.823. The Labute approximate surface area is 208 Å². The van der Waals surface area contributed by atoms with E-state index in [9.17, 15) is 0 Å². The lowest BCUT2D eigenvalue weighted by molar-refractivity contribution is -0.380. The van der Waals surface area contributed by atoms with Crippen LogP contribution in [0.25, 0.3) is 0 Å². The predicted molar refractivity (Wildman–Crippen MR) is 144 cm³/mol. The van der Waals surface area contributed by atoms with Gasteiger partial charge < -0.3 is 19.5 Å². The first kappa shape index (κ1) is 32.8. The van der Waals surface area contributed by atoms with Gasteiger partial charge in [-0.05, 0) is 64.8 Å². The average molecular weight is 472 g/mol. The molecule has 0 spiro atoms. The summed E-state index contributed by atoms with van der Waals surface area (Å²) >= 11 is 0. The van der Waals surface area contributed by atoms with E-state index in [1.54, 1.807) is 0 Å². The number of nitrogens with one attached hydrogen (secondary N) is 1. The van der Waals surface area contributed by atoms with Crippen LogP contribution in [0.15, 0.2) is 0 Å². The molecule has 0 bridgehead atoms. The number of hydrogen-bond donors (Lipinski definition) is 1. The molecule has 0 saturated carbocycles. The van der Waals surface area contributed by atoms with Gasteiger partial charge in [0.1, 0.15) is 0 Å². The van der Waals surface area contributed by atoms with Gasteiger partial charge in [-0.3, -0.25) is 0 Å². The molecule has 0 heterocycles. The third kappa shape index (κ3) is 17.9. The van der Waals surface area contributed by atoms with Crippen molar-refractivity contribution in [2.75, 3.05) is 26.4 Å². The van der Waals surface area contributed by atoms with E-state index >= 15 is 0 Å². The lowest BCUT2D eigenvalue weighted by Gasteiger charge is -2.32. The first-order chi connectivity index (χ1) is 15.9. The van der Waals surface area contributed by atoms with Gasteiger partial charge >= 0.3 is 0 Å². The fraction of sp³-hybridized carbons (Fsp3) is 1.00. The zero-order chi connectivity index (χ0) is 24.8.